The molecule has 0 aliphatic heterocycles. The van der Waals surface area contributed by atoms with Crippen LogP contribution in [0.4, 0.5) is 0 Å². The number of benzene rings is 4. The number of carbonyl (C=O) groups is 1. The Balaban J connectivity index is 1.25. The fourth-order valence-electron chi connectivity index (χ4n) is 3.02. The zero-order chi connectivity index (χ0) is 22.0. The lowest BCUT2D eigenvalue weighted by Crippen LogP contribution is -2.24. The van der Waals surface area contributed by atoms with Crippen LogP contribution in [0.2, 0.25) is 0 Å². The summed E-state index contributed by atoms with van der Waals surface area (Å²) < 4.78 is 11.3. The Bertz CT molecular complexity index is 1170. The topological polar surface area (TPSA) is 59.9 Å². The summed E-state index contributed by atoms with van der Waals surface area (Å²) in [6.45, 7) is -0.126. The van der Waals surface area contributed by atoms with Crippen LogP contribution in [0.1, 0.15) is 5.56 Å². The number of nitrogens with zero attached hydrogens (tertiary/aromatic N) is 1. The van der Waals surface area contributed by atoms with Crippen LogP contribution in [-0.4, -0.2) is 18.7 Å². The lowest BCUT2D eigenvalue weighted by molar-refractivity contribution is -0.123. The Hall–Kier alpha value is -4.38. The van der Waals surface area contributed by atoms with Crippen molar-refractivity contribution in [3.05, 3.63) is 115 Å². The van der Waals surface area contributed by atoms with Crippen molar-refractivity contribution in [2.24, 2.45) is 5.10 Å². The largest absolute Gasteiger partial charge is 0.484 e. The quantitative estimate of drug-likeness (QED) is 0.294. The van der Waals surface area contributed by atoms with Crippen LogP contribution >= 0.6 is 0 Å². The van der Waals surface area contributed by atoms with Gasteiger partial charge < -0.3 is 9.47 Å². The third-order valence-electron chi connectivity index (χ3n) is 4.57. The predicted octanol–water partition coefficient (Wildman–Crippen LogP) is 5.68. The number of hydrazone groups is 1. The van der Waals surface area contributed by atoms with Crippen LogP contribution in [-0.2, 0) is 4.79 Å². The Morgan fingerprint density at radius 1 is 0.719 bits per heavy atom. The fraction of sp³-hybridized carbons (Fsp3) is 0.0370. The molecule has 0 saturated heterocycles. The maximum atomic E-state index is 12.0. The van der Waals surface area contributed by atoms with Crippen LogP contribution in [0.25, 0.3) is 11.1 Å². The molecule has 0 unspecified atom stereocenters. The van der Waals surface area contributed by atoms with E-state index >= 15 is 0 Å². The SMILES string of the molecule is O=C(COc1ccc(-c2ccccc2)cc1)N/N=C\c1cccc(Oc2ccccc2)c1. The molecule has 0 aliphatic rings. The monoisotopic (exact) mass is 422 g/mol. The van der Waals surface area contributed by atoms with E-state index in [0.717, 1.165) is 22.4 Å². The number of carbonyl (C=O) groups excluding carboxylic acids is 1. The molecule has 5 nitrogen and oxygen atoms in total. The Morgan fingerprint density at radius 3 is 2.12 bits per heavy atom. The molecule has 4 aromatic rings. The summed E-state index contributed by atoms with van der Waals surface area (Å²) in [6, 6.07) is 34.7. The highest BCUT2D eigenvalue weighted by Crippen LogP contribution is 2.22. The first kappa shape index (κ1) is 20.9. The lowest BCUT2D eigenvalue weighted by atomic mass is 10.1. The average Bonchev–Trinajstić information content (AvgIpc) is 2.85. The van der Waals surface area contributed by atoms with Gasteiger partial charge >= 0.3 is 0 Å². The molecule has 0 bridgehead atoms. The molecule has 0 radical (unpaired) electrons. The van der Waals surface area contributed by atoms with Crippen LogP contribution < -0.4 is 14.9 Å². The van der Waals surface area contributed by atoms with E-state index in [2.05, 4.69) is 10.5 Å². The lowest BCUT2D eigenvalue weighted by Gasteiger charge is -2.07. The van der Waals surface area contributed by atoms with Gasteiger partial charge in [0.15, 0.2) is 6.61 Å². The molecule has 0 spiro atoms. The van der Waals surface area contributed by atoms with Crippen molar-refractivity contribution in [3.8, 4) is 28.4 Å². The molecule has 4 aromatic carbocycles. The molecule has 0 fully saturated rings. The molecule has 4 rings (SSSR count). The summed E-state index contributed by atoms with van der Waals surface area (Å²) in [4.78, 5) is 12.0. The van der Waals surface area contributed by atoms with Crippen molar-refractivity contribution in [1.82, 2.24) is 5.43 Å². The second-order valence-corrected chi connectivity index (χ2v) is 6.96. The van der Waals surface area contributed by atoms with Gasteiger partial charge in [0.1, 0.15) is 17.2 Å². The maximum absolute atomic E-state index is 12.0. The van der Waals surface area contributed by atoms with E-state index in [1.165, 1.54) is 0 Å². The zero-order valence-corrected chi connectivity index (χ0v) is 17.3. The Morgan fingerprint density at radius 2 is 1.38 bits per heavy atom. The van der Waals surface area contributed by atoms with Crippen LogP contribution in [0.15, 0.2) is 114 Å². The molecule has 0 aliphatic carbocycles. The van der Waals surface area contributed by atoms with Crippen LogP contribution in [0.3, 0.4) is 0 Å². The van der Waals surface area contributed by atoms with Gasteiger partial charge in [-0.15, -0.1) is 0 Å². The highest BCUT2D eigenvalue weighted by Gasteiger charge is 2.03. The minimum Gasteiger partial charge on any atom is -0.484 e. The second kappa shape index (κ2) is 10.6. The molecule has 0 atom stereocenters. The molecule has 1 amide bonds. The summed E-state index contributed by atoms with van der Waals surface area (Å²) in [6.07, 6.45) is 1.56. The van der Waals surface area contributed by atoms with E-state index in [4.69, 9.17) is 9.47 Å². The highest BCUT2D eigenvalue weighted by atomic mass is 16.5. The first-order valence-electron chi connectivity index (χ1n) is 10.2. The van der Waals surface area contributed by atoms with Gasteiger partial charge in [0, 0.05) is 0 Å². The summed E-state index contributed by atoms with van der Waals surface area (Å²) in [7, 11) is 0. The first-order chi connectivity index (χ1) is 15.8. The number of nitrogens with one attached hydrogen (secondary N) is 1. The van der Waals surface area contributed by atoms with Gasteiger partial charge in [-0.25, -0.2) is 5.43 Å². The van der Waals surface area contributed by atoms with Gasteiger partial charge in [-0.3, -0.25) is 4.79 Å². The van der Waals surface area contributed by atoms with Crippen molar-refractivity contribution in [2.75, 3.05) is 6.61 Å². The third-order valence-corrected chi connectivity index (χ3v) is 4.57. The van der Waals surface area contributed by atoms with Gasteiger partial charge in [0.2, 0.25) is 0 Å². The molecule has 32 heavy (non-hydrogen) atoms. The minimum atomic E-state index is -0.343. The van der Waals surface area contributed by atoms with Gasteiger partial charge in [-0.05, 0) is 53.1 Å². The first-order valence-corrected chi connectivity index (χ1v) is 10.2. The molecular weight excluding hydrogens is 400 g/mol. The number of ether oxygens (including phenoxy) is 2. The smallest absolute Gasteiger partial charge is 0.277 e. The van der Waals surface area contributed by atoms with E-state index in [-0.39, 0.29) is 12.5 Å². The Kier molecular flexibility index (Phi) is 6.91. The number of hydrogen-bond donors (Lipinski definition) is 1. The standard InChI is InChI=1S/C27H22N2O3/c30-27(20-31-24-16-14-23(15-17-24)22-9-3-1-4-10-22)29-28-19-21-8-7-13-26(18-21)32-25-11-5-2-6-12-25/h1-19H,20H2,(H,29,30)/b28-19-. The number of amides is 1. The number of hydrogen-bond acceptors (Lipinski definition) is 4. The zero-order valence-electron chi connectivity index (χ0n) is 17.3. The van der Waals surface area contributed by atoms with E-state index in [1.54, 1.807) is 6.21 Å². The summed E-state index contributed by atoms with van der Waals surface area (Å²) in [5, 5.41) is 4.00. The van der Waals surface area contributed by atoms with E-state index in [0.29, 0.717) is 11.5 Å². The molecule has 5 heteroatoms. The van der Waals surface area contributed by atoms with Crippen LogP contribution in [0, 0.1) is 0 Å². The van der Waals surface area contributed by atoms with Crippen molar-refractivity contribution in [1.29, 1.82) is 0 Å². The van der Waals surface area contributed by atoms with Crippen molar-refractivity contribution >= 4 is 12.1 Å². The fourth-order valence-corrected chi connectivity index (χ4v) is 3.02. The Labute approximate surface area is 187 Å². The minimum absolute atomic E-state index is 0.126. The van der Waals surface area contributed by atoms with Gasteiger partial charge in [0.05, 0.1) is 6.21 Å². The van der Waals surface area contributed by atoms with Gasteiger partial charge in [0.25, 0.3) is 5.91 Å². The van der Waals surface area contributed by atoms with Gasteiger partial charge in [-0.2, -0.15) is 5.10 Å². The van der Waals surface area contributed by atoms with Crippen LogP contribution in [0.5, 0.6) is 17.2 Å². The molecule has 0 aromatic heterocycles. The second-order valence-electron chi connectivity index (χ2n) is 6.96. The number of para-hydroxylation sites is 1. The van der Waals surface area contributed by atoms with E-state index < -0.39 is 0 Å². The normalized spacial score (nSPS) is 10.6. The molecule has 158 valence electrons. The molecule has 1 N–H and O–H groups in total. The maximum Gasteiger partial charge on any atom is 0.277 e. The highest BCUT2D eigenvalue weighted by molar-refractivity contribution is 5.83. The summed E-state index contributed by atoms with van der Waals surface area (Å²) in [5.74, 6) is 1.72. The van der Waals surface area contributed by atoms with E-state index in [1.807, 2.05) is 109 Å². The molecule has 0 saturated carbocycles. The molecule has 0 heterocycles. The number of rotatable bonds is 8. The predicted molar refractivity (Wildman–Crippen MR) is 126 cm³/mol. The van der Waals surface area contributed by atoms with Crippen molar-refractivity contribution in [2.45, 2.75) is 0 Å². The van der Waals surface area contributed by atoms with Crippen molar-refractivity contribution in [3.63, 3.8) is 0 Å². The summed E-state index contributed by atoms with van der Waals surface area (Å²) in [5.41, 5.74) is 5.49. The summed E-state index contributed by atoms with van der Waals surface area (Å²) >= 11 is 0. The van der Waals surface area contributed by atoms with Gasteiger partial charge in [-0.1, -0.05) is 72.8 Å². The van der Waals surface area contributed by atoms with Crippen molar-refractivity contribution < 1.29 is 14.3 Å². The van der Waals surface area contributed by atoms with E-state index in [9.17, 15) is 4.79 Å². The molecular formula is C27H22N2O3. The third kappa shape index (κ3) is 6.06. The average molecular weight is 422 g/mol.